The summed E-state index contributed by atoms with van der Waals surface area (Å²) in [5, 5.41) is 3.41. The van der Waals surface area contributed by atoms with Crippen molar-refractivity contribution in [3.05, 3.63) is 18.7 Å². The quantitative estimate of drug-likeness (QED) is 0.705. The molecular formula is C9H15N3. The van der Waals surface area contributed by atoms with Gasteiger partial charge in [0, 0.05) is 18.9 Å². The lowest BCUT2D eigenvalue weighted by Gasteiger charge is -2.22. The van der Waals surface area contributed by atoms with Gasteiger partial charge in [0.05, 0.1) is 6.33 Å². The van der Waals surface area contributed by atoms with Gasteiger partial charge in [-0.15, -0.1) is 0 Å². The first-order valence-electron chi connectivity index (χ1n) is 4.61. The highest BCUT2D eigenvalue weighted by Gasteiger charge is 2.12. The number of imidazole rings is 1. The van der Waals surface area contributed by atoms with Gasteiger partial charge in [0.15, 0.2) is 0 Å². The highest BCUT2D eigenvalue weighted by atomic mass is 15.0. The minimum Gasteiger partial charge on any atom is -0.337 e. The van der Waals surface area contributed by atoms with Crippen LogP contribution in [0, 0.1) is 5.92 Å². The Kier molecular flexibility index (Phi) is 2.42. The summed E-state index contributed by atoms with van der Waals surface area (Å²) < 4.78 is 2.16. The SMILES string of the molecule is c1cn(C[C@@H]2CCCNC2)cn1. The van der Waals surface area contributed by atoms with Crippen LogP contribution in [0.1, 0.15) is 12.8 Å². The first-order valence-corrected chi connectivity index (χ1v) is 4.61. The molecule has 3 heteroatoms. The third kappa shape index (κ3) is 1.85. The zero-order valence-corrected chi connectivity index (χ0v) is 7.24. The average molecular weight is 165 g/mol. The second kappa shape index (κ2) is 3.72. The molecule has 0 spiro atoms. The van der Waals surface area contributed by atoms with Gasteiger partial charge in [0.2, 0.25) is 0 Å². The van der Waals surface area contributed by atoms with Crippen LogP contribution in [0.4, 0.5) is 0 Å². The number of nitrogens with zero attached hydrogens (tertiary/aromatic N) is 2. The third-order valence-electron chi connectivity index (χ3n) is 2.43. The predicted octanol–water partition coefficient (Wildman–Crippen LogP) is 0.883. The fourth-order valence-electron chi connectivity index (χ4n) is 1.77. The molecule has 0 bridgehead atoms. The van der Waals surface area contributed by atoms with Crippen LogP contribution >= 0.6 is 0 Å². The zero-order valence-electron chi connectivity index (χ0n) is 7.24. The number of piperidine rings is 1. The van der Waals surface area contributed by atoms with Crippen molar-refractivity contribution < 1.29 is 0 Å². The Morgan fingerprint density at radius 1 is 1.58 bits per heavy atom. The summed E-state index contributed by atoms with van der Waals surface area (Å²) in [6, 6.07) is 0. The molecule has 1 N–H and O–H groups in total. The van der Waals surface area contributed by atoms with Gasteiger partial charge < -0.3 is 9.88 Å². The standard InChI is InChI=1S/C9H15N3/c1-2-9(6-10-3-1)7-12-5-4-11-8-12/h4-5,8-10H,1-3,6-7H2/t9-/m1/s1. The van der Waals surface area contributed by atoms with E-state index in [1.54, 1.807) is 0 Å². The Balaban J connectivity index is 1.86. The maximum Gasteiger partial charge on any atom is 0.0946 e. The molecular weight excluding hydrogens is 150 g/mol. The Morgan fingerprint density at radius 3 is 3.25 bits per heavy atom. The molecule has 1 aliphatic heterocycles. The van der Waals surface area contributed by atoms with Crippen LogP contribution in [0.5, 0.6) is 0 Å². The van der Waals surface area contributed by atoms with Crippen LogP contribution in [0.2, 0.25) is 0 Å². The van der Waals surface area contributed by atoms with Gasteiger partial charge in [0.1, 0.15) is 0 Å². The fraction of sp³-hybridized carbons (Fsp3) is 0.667. The van der Waals surface area contributed by atoms with Gasteiger partial charge in [-0.25, -0.2) is 4.98 Å². The number of hydrogen-bond donors (Lipinski definition) is 1. The summed E-state index contributed by atoms with van der Waals surface area (Å²) in [6.07, 6.45) is 8.45. The largest absolute Gasteiger partial charge is 0.337 e. The average Bonchev–Trinajstić information content (AvgIpc) is 2.59. The molecule has 1 aromatic rings. The molecule has 2 heterocycles. The Labute approximate surface area is 72.8 Å². The number of aromatic nitrogens is 2. The molecule has 0 saturated carbocycles. The van der Waals surface area contributed by atoms with Crippen molar-refractivity contribution in [2.75, 3.05) is 13.1 Å². The molecule has 1 atom stereocenters. The van der Waals surface area contributed by atoms with Crippen molar-refractivity contribution in [1.82, 2.24) is 14.9 Å². The van der Waals surface area contributed by atoms with Crippen molar-refractivity contribution >= 4 is 0 Å². The van der Waals surface area contributed by atoms with E-state index >= 15 is 0 Å². The van der Waals surface area contributed by atoms with E-state index in [1.807, 2.05) is 18.7 Å². The number of rotatable bonds is 2. The lowest BCUT2D eigenvalue weighted by atomic mass is 10.00. The molecule has 1 fully saturated rings. The van der Waals surface area contributed by atoms with Crippen molar-refractivity contribution in [3.8, 4) is 0 Å². The van der Waals surface area contributed by atoms with Crippen LogP contribution in [0.15, 0.2) is 18.7 Å². The normalized spacial score (nSPS) is 24.2. The third-order valence-corrected chi connectivity index (χ3v) is 2.43. The Morgan fingerprint density at radius 2 is 2.58 bits per heavy atom. The summed E-state index contributed by atoms with van der Waals surface area (Å²) >= 11 is 0. The maximum absolute atomic E-state index is 4.03. The lowest BCUT2D eigenvalue weighted by Crippen LogP contribution is -2.31. The minimum atomic E-state index is 0.799. The summed E-state index contributed by atoms with van der Waals surface area (Å²) in [5.41, 5.74) is 0. The first kappa shape index (κ1) is 7.80. The molecule has 0 amide bonds. The predicted molar refractivity (Wildman–Crippen MR) is 47.8 cm³/mol. The monoisotopic (exact) mass is 165 g/mol. The second-order valence-electron chi connectivity index (χ2n) is 3.47. The van der Waals surface area contributed by atoms with Gasteiger partial charge in [-0.3, -0.25) is 0 Å². The Hall–Kier alpha value is -0.830. The fourth-order valence-corrected chi connectivity index (χ4v) is 1.77. The second-order valence-corrected chi connectivity index (χ2v) is 3.47. The Bertz CT molecular complexity index is 212. The van der Waals surface area contributed by atoms with Crippen LogP contribution in [-0.2, 0) is 6.54 Å². The summed E-state index contributed by atoms with van der Waals surface area (Å²) in [5.74, 6) is 0.799. The smallest absolute Gasteiger partial charge is 0.0946 e. The molecule has 12 heavy (non-hydrogen) atoms. The number of nitrogens with one attached hydrogen (secondary N) is 1. The van der Waals surface area contributed by atoms with Crippen molar-refractivity contribution in [1.29, 1.82) is 0 Å². The molecule has 3 nitrogen and oxygen atoms in total. The van der Waals surface area contributed by atoms with Crippen molar-refractivity contribution in [2.45, 2.75) is 19.4 Å². The molecule has 2 rings (SSSR count). The summed E-state index contributed by atoms with van der Waals surface area (Å²) in [7, 11) is 0. The summed E-state index contributed by atoms with van der Waals surface area (Å²) in [6.45, 7) is 3.48. The van der Waals surface area contributed by atoms with Crippen LogP contribution in [0.25, 0.3) is 0 Å². The molecule has 66 valence electrons. The van der Waals surface area contributed by atoms with E-state index in [9.17, 15) is 0 Å². The van der Waals surface area contributed by atoms with E-state index in [0.717, 1.165) is 19.0 Å². The molecule has 1 aromatic heterocycles. The van der Waals surface area contributed by atoms with E-state index in [1.165, 1.54) is 19.4 Å². The maximum atomic E-state index is 4.03. The number of hydrogen-bond acceptors (Lipinski definition) is 2. The van der Waals surface area contributed by atoms with E-state index in [2.05, 4.69) is 14.9 Å². The van der Waals surface area contributed by atoms with Gasteiger partial charge >= 0.3 is 0 Å². The molecule has 0 unspecified atom stereocenters. The van der Waals surface area contributed by atoms with E-state index in [4.69, 9.17) is 0 Å². The summed E-state index contributed by atoms with van der Waals surface area (Å²) in [4.78, 5) is 4.03. The highest BCUT2D eigenvalue weighted by Crippen LogP contribution is 2.11. The van der Waals surface area contributed by atoms with Crippen LogP contribution in [-0.4, -0.2) is 22.6 Å². The molecule has 1 saturated heterocycles. The molecule has 1 aliphatic rings. The molecule has 0 aliphatic carbocycles. The minimum absolute atomic E-state index is 0.799. The van der Waals surface area contributed by atoms with Gasteiger partial charge in [0.25, 0.3) is 0 Å². The first-order chi connectivity index (χ1) is 5.95. The zero-order chi connectivity index (χ0) is 8.23. The lowest BCUT2D eigenvalue weighted by molar-refractivity contribution is 0.337. The van der Waals surface area contributed by atoms with E-state index < -0.39 is 0 Å². The van der Waals surface area contributed by atoms with Gasteiger partial charge in [-0.1, -0.05) is 0 Å². The van der Waals surface area contributed by atoms with E-state index in [0.29, 0.717) is 0 Å². The van der Waals surface area contributed by atoms with Crippen molar-refractivity contribution in [2.24, 2.45) is 5.92 Å². The van der Waals surface area contributed by atoms with Crippen LogP contribution < -0.4 is 5.32 Å². The van der Waals surface area contributed by atoms with Gasteiger partial charge in [-0.2, -0.15) is 0 Å². The molecule has 0 radical (unpaired) electrons. The highest BCUT2D eigenvalue weighted by molar-refractivity contribution is 4.77. The van der Waals surface area contributed by atoms with E-state index in [-0.39, 0.29) is 0 Å². The van der Waals surface area contributed by atoms with Crippen LogP contribution in [0.3, 0.4) is 0 Å². The van der Waals surface area contributed by atoms with Crippen molar-refractivity contribution in [3.63, 3.8) is 0 Å². The molecule has 0 aromatic carbocycles. The topological polar surface area (TPSA) is 29.9 Å². The van der Waals surface area contributed by atoms with Gasteiger partial charge in [-0.05, 0) is 31.8 Å².